The molecule has 0 aromatic heterocycles. The summed E-state index contributed by atoms with van der Waals surface area (Å²) in [7, 11) is 0. The molecule has 1 aliphatic rings. The maximum absolute atomic E-state index is 12.1. The zero-order chi connectivity index (χ0) is 19.2. The molecule has 2 N–H and O–H groups in total. The van der Waals surface area contributed by atoms with Gasteiger partial charge in [0.2, 0.25) is 5.91 Å². The van der Waals surface area contributed by atoms with Crippen LogP contribution in [0.25, 0.3) is 6.08 Å². The van der Waals surface area contributed by atoms with Crippen LogP contribution in [0.1, 0.15) is 18.4 Å². The van der Waals surface area contributed by atoms with Gasteiger partial charge in [-0.25, -0.2) is 0 Å². The van der Waals surface area contributed by atoms with Crippen LogP contribution >= 0.6 is 35.4 Å². The lowest BCUT2D eigenvalue weighted by molar-refractivity contribution is -0.115. The van der Waals surface area contributed by atoms with Crippen molar-refractivity contribution in [3.63, 3.8) is 0 Å². The van der Waals surface area contributed by atoms with Gasteiger partial charge < -0.3 is 10.2 Å². The lowest BCUT2D eigenvalue weighted by Gasteiger charge is -2.23. The van der Waals surface area contributed by atoms with Crippen LogP contribution in [0.15, 0.2) is 48.5 Å². The summed E-state index contributed by atoms with van der Waals surface area (Å²) in [4.78, 5) is 14.3. The number of anilines is 2. The van der Waals surface area contributed by atoms with Crippen molar-refractivity contribution >= 4 is 63.9 Å². The first kappa shape index (κ1) is 19.7. The molecule has 0 bridgehead atoms. The van der Waals surface area contributed by atoms with E-state index in [2.05, 4.69) is 15.5 Å². The molecule has 2 aromatic carbocycles. The summed E-state index contributed by atoms with van der Waals surface area (Å²) < 4.78 is 0. The Morgan fingerprint density at radius 3 is 2.48 bits per heavy atom. The topological polar surface area (TPSA) is 44.4 Å². The Kier molecular flexibility index (Phi) is 6.72. The van der Waals surface area contributed by atoms with Crippen molar-refractivity contribution in [3.8, 4) is 0 Å². The molecule has 0 atom stereocenters. The highest BCUT2D eigenvalue weighted by molar-refractivity contribution is 7.80. The second-order valence-electron chi connectivity index (χ2n) is 6.16. The summed E-state index contributed by atoms with van der Waals surface area (Å²) in [5.74, 6) is -0.313. The number of para-hydroxylation sites is 1. The van der Waals surface area contributed by atoms with Gasteiger partial charge in [0.05, 0.1) is 16.4 Å². The minimum Gasteiger partial charge on any atom is -0.369 e. The average Bonchev–Trinajstić information content (AvgIpc) is 3.15. The molecule has 2 aromatic rings. The van der Waals surface area contributed by atoms with Crippen LogP contribution in [0.4, 0.5) is 11.4 Å². The summed E-state index contributed by atoms with van der Waals surface area (Å²) in [6, 6.07) is 12.8. The van der Waals surface area contributed by atoms with Gasteiger partial charge in [-0.2, -0.15) is 0 Å². The van der Waals surface area contributed by atoms with Gasteiger partial charge in [0, 0.05) is 24.2 Å². The standard InChI is InChI=1S/C20H19Cl2N3OS/c21-15-9-6-14(7-10-15)8-11-18(26)24-20(27)23-17-5-3-4-16(22)19(17)25-12-1-2-13-25/h3-11H,1-2,12-13H2,(H2,23,24,26,27)/b11-8+. The number of hydrogen-bond acceptors (Lipinski definition) is 3. The van der Waals surface area contributed by atoms with Crippen LogP contribution < -0.4 is 15.5 Å². The predicted molar refractivity (Wildman–Crippen MR) is 118 cm³/mol. The monoisotopic (exact) mass is 419 g/mol. The van der Waals surface area contributed by atoms with Crippen LogP contribution in [0.2, 0.25) is 10.0 Å². The third kappa shape index (κ3) is 5.45. The fourth-order valence-electron chi connectivity index (χ4n) is 2.93. The number of amides is 1. The van der Waals surface area contributed by atoms with E-state index in [1.54, 1.807) is 18.2 Å². The molecular weight excluding hydrogens is 401 g/mol. The first-order chi connectivity index (χ1) is 13.0. The third-order valence-electron chi connectivity index (χ3n) is 4.19. The fourth-order valence-corrected chi connectivity index (χ4v) is 3.56. The summed E-state index contributed by atoms with van der Waals surface area (Å²) in [6.07, 6.45) is 5.41. The van der Waals surface area contributed by atoms with Gasteiger partial charge in [0.15, 0.2) is 5.11 Å². The number of carbonyl (C=O) groups is 1. The van der Waals surface area contributed by atoms with Crippen LogP contribution in [0.5, 0.6) is 0 Å². The Hall–Kier alpha value is -2.08. The van der Waals surface area contributed by atoms with Gasteiger partial charge >= 0.3 is 0 Å². The van der Waals surface area contributed by atoms with Gasteiger partial charge in [0.25, 0.3) is 0 Å². The normalized spacial score (nSPS) is 13.8. The maximum Gasteiger partial charge on any atom is 0.250 e. The largest absolute Gasteiger partial charge is 0.369 e. The number of hydrogen-bond donors (Lipinski definition) is 2. The van der Waals surface area contributed by atoms with E-state index < -0.39 is 0 Å². The molecule has 1 aliphatic heterocycles. The van der Waals surface area contributed by atoms with Crippen LogP contribution in [0, 0.1) is 0 Å². The second kappa shape index (κ2) is 9.22. The van der Waals surface area contributed by atoms with E-state index >= 15 is 0 Å². The van der Waals surface area contributed by atoms with E-state index in [0.29, 0.717) is 10.0 Å². The Balaban J connectivity index is 1.63. The summed E-state index contributed by atoms with van der Waals surface area (Å²) in [5.41, 5.74) is 2.58. The first-order valence-corrected chi connectivity index (χ1v) is 9.78. The second-order valence-corrected chi connectivity index (χ2v) is 7.41. The summed E-state index contributed by atoms with van der Waals surface area (Å²) in [5, 5.41) is 7.28. The summed E-state index contributed by atoms with van der Waals surface area (Å²) in [6.45, 7) is 1.92. The highest BCUT2D eigenvalue weighted by Gasteiger charge is 2.19. The number of thiocarbonyl (C=S) groups is 1. The zero-order valence-corrected chi connectivity index (χ0v) is 16.9. The molecular formula is C20H19Cl2N3OS. The molecule has 27 heavy (non-hydrogen) atoms. The van der Waals surface area contributed by atoms with E-state index in [9.17, 15) is 4.79 Å². The van der Waals surface area contributed by atoms with Gasteiger partial charge in [-0.05, 0) is 61.0 Å². The van der Waals surface area contributed by atoms with Gasteiger partial charge in [0.1, 0.15) is 0 Å². The van der Waals surface area contributed by atoms with E-state index in [-0.39, 0.29) is 11.0 Å². The van der Waals surface area contributed by atoms with Gasteiger partial charge in [-0.1, -0.05) is 41.4 Å². The Morgan fingerprint density at radius 2 is 1.78 bits per heavy atom. The molecule has 0 aliphatic carbocycles. The van der Waals surface area contributed by atoms with E-state index in [4.69, 9.17) is 35.4 Å². The fraction of sp³-hybridized carbons (Fsp3) is 0.200. The lowest BCUT2D eigenvalue weighted by atomic mass is 10.2. The zero-order valence-electron chi connectivity index (χ0n) is 14.5. The molecule has 4 nitrogen and oxygen atoms in total. The Bertz CT molecular complexity index is 862. The highest BCUT2D eigenvalue weighted by atomic mass is 35.5. The van der Waals surface area contributed by atoms with Crippen molar-refractivity contribution in [2.24, 2.45) is 0 Å². The molecule has 1 fully saturated rings. The van der Waals surface area contributed by atoms with E-state index in [1.807, 2.05) is 30.3 Å². The van der Waals surface area contributed by atoms with Crippen LogP contribution in [-0.4, -0.2) is 24.1 Å². The van der Waals surface area contributed by atoms with Crippen molar-refractivity contribution in [2.45, 2.75) is 12.8 Å². The molecule has 1 heterocycles. The number of benzene rings is 2. The Morgan fingerprint density at radius 1 is 1.07 bits per heavy atom. The van der Waals surface area contributed by atoms with Crippen molar-refractivity contribution in [1.29, 1.82) is 0 Å². The third-order valence-corrected chi connectivity index (χ3v) is 4.95. The number of carbonyl (C=O) groups excluding carboxylic acids is 1. The van der Waals surface area contributed by atoms with E-state index in [0.717, 1.165) is 42.9 Å². The molecule has 0 unspecified atom stereocenters. The molecule has 140 valence electrons. The average molecular weight is 420 g/mol. The Labute approximate surface area is 174 Å². The molecule has 7 heteroatoms. The smallest absolute Gasteiger partial charge is 0.250 e. The van der Waals surface area contributed by atoms with Crippen molar-refractivity contribution < 1.29 is 4.79 Å². The van der Waals surface area contributed by atoms with E-state index in [1.165, 1.54) is 6.08 Å². The number of halogens is 2. The minimum atomic E-state index is -0.313. The number of rotatable bonds is 4. The molecule has 0 radical (unpaired) electrons. The number of nitrogens with zero attached hydrogens (tertiary/aromatic N) is 1. The van der Waals surface area contributed by atoms with Gasteiger partial charge in [-0.15, -0.1) is 0 Å². The van der Waals surface area contributed by atoms with Crippen molar-refractivity contribution in [3.05, 3.63) is 64.1 Å². The number of nitrogens with one attached hydrogen (secondary N) is 2. The van der Waals surface area contributed by atoms with Crippen molar-refractivity contribution in [2.75, 3.05) is 23.3 Å². The predicted octanol–water partition coefficient (Wildman–Crippen LogP) is 5.12. The van der Waals surface area contributed by atoms with Crippen LogP contribution in [-0.2, 0) is 4.79 Å². The minimum absolute atomic E-state index is 0.225. The molecule has 3 rings (SSSR count). The first-order valence-electron chi connectivity index (χ1n) is 8.62. The van der Waals surface area contributed by atoms with Crippen LogP contribution in [0.3, 0.4) is 0 Å². The van der Waals surface area contributed by atoms with Gasteiger partial charge in [-0.3, -0.25) is 10.1 Å². The molecule has 1 saturated heterocycles. The molecule has 0 spiro atoms. The maximum atomic E-state index is 12.1. The summed E-state index contributed by atoms with van der Waals surface area (Å²) >= 11 is 17.5. The van der Waals surface area contributed by atoms with Crippen molar-refractivity contribution in [1.82, 2.24) is 5.32 Å². The quantitative estimate of drug-likeness (QED) is 0.532. The molecule has 0 saturated carbocycles. The SMILES string of the molecule is O=C(/C=C/c1ccc(Cl)cc1)NC(=S)Nc1cccc(Cl)c1N1CCCC1. The highest BCUT2D eigenvalue weighted by Crippen LogP contribution is 2.35. The lowest BCUT2D eigenvalue weighted by Crippen LogP contribution is -2.33. The molecule has 1 amide bonds.